The standard InChI is InChI=1S/C25H24N8O3/c1-15-11-12-18(14-16(15)2)33-23(35)20(22(29-33)36-3)26-30-25(24-27-31-32-28-24)13-7-10-19(21(25)34)17-8-5-4-6-9-17/h4-14,21,30,34H,1-3H3,(H,27,28,31,32). The Labute approximate surface area is 206 Å². The number of hydrogen-bond donors (Lipinski definition) is 3. The number of nitrogens with zero attached hydrogens (tertiary/aromatic N) is 6. The summed E-state index contributed by atoms with van der Waals surface area (Å²) in [5.41, 5.74) is 5.63. The maximum Gasteiger partial charge on any atom is 0.304 e. The molecule has 0 radical (unpaired) electrons. The van der Waals surface area contributed by atoms with Crippen molar-refractivity contribution < 1.29 is 14.6 Å². The van der Waals surface area contributed by atoms with Gasteiger partial charge in [0.15, 0.2) is 11.4 Å². The summed E-state index contributed by atoms with van der Waals surface area (Å²) in [6, 6.07) is 15.0. The molecule has 0 fully saturated rings. The van der Waals surface area contributed by atoms with Gasteiger partial charge in [0.05, 0.1) is 12.8 Å². The fraction of sp³-hybridized carbons (Fsp3) is 0.200. The van der Waals surface area contributed by atoms with E-state index in [0.29, 0.717) is 11.3 Å². The molecular formula is C25H24N8O3. The van der Waals surface area contributed by atoms with E-state index in [1.54, 1.807) is 24.3 Å². The first-order valence-corrected chi connectivity index (χ1v) is 11.2. The molecule has 1 aliphatic heterocycles. The molecule has 182 valence electrons. The van der Waals surface area contributed by atoms with E-state index >= 15 is 0 Å². The van der Waals surface area contributed by atoms with Crippen LogP contribution in [0.25, 0.3) is 5.57 Å². The number of carbonyl (C=O) groups excluding carboxylic acids is 1. The topological polar surface area (TPSA) is 141 Å². The number of H-pyrrole nitrogens is 1. The number of hydrazone groups is 2. The zero-order valence-corrected chi connectivity index (χ0v) is 19.9. The summed E-state index contributed by atoms with van der Waals surface area (Å²) in [5, 5.41) is 35.5. The van der Waals surface area contributed by atoms with Crippen LogP contribution in [-0.4, -0.2) is 56.5 Å². The lowest BCUT2D eigenvalue weighted by molar-refractivity contribution is -0.112. The molecule has 5 rings (SSSR count). The predicted molar refractivity (Wildman–Crippen MR) is 134 cm³/mol. The van der Waals surface area contributed by atoms with Crippen LogP contribution in [0.2, 0.25) is 0 Å². The Morgan fingerprint density at radius 1 is 1.17 bits per heavy atom. The number of methoxy groups -OCH3 is 1. The number of aliphatic hydroxyl groups excluding tert-OH is 1. The van der Waals surface area contributed by atoms with Crippen LogP contribution in [0.15, 0.2) is 77.0 Å². The molecule has 2 heterocycles. The van der Waals surface area contributed by atoms with Gasteiger partial charge in [-0.25, -0.2) is 5.10 Å². The van der Waals surface area contributed by atoms with Gasteiger partial charge in [0, 0.05) is 0 Å². The Hall–Kier alpha value is -4.64. The van der Waals surface area contributed by atoms with E-state index in [9.17, 15) is 9.90 Å². The van der Waals surface area contributed by atoms with Crippen molar-refractivity contribution in [3.05, 3.63) is 89.3 Å². The molecule has 11 heteroatoms. The number of aromatic amines is 1. The number of allylic oxidation sites excluding steroid dienone is 2. The summed E-state index contributed by atoms with van der Waals surface area (Å²) in [4.78, 5) is 13.3. The van der Waals surface area contributed by atoms with Crippen molar-refractivity contribution in [2.24, 2.45) is 10.2 Å². The van der Waals surface area contributed by atoms with Crippen LogP contribution >= 0.6 is 0 Å². The van der Waals surface area contributed by atoms with E-state index in [1.165, 1.54) is 12.1 Å². The fourth-order valence-electron chi connectivity index (χ4n) is 4.10. The number of benzene rings is 2. The lowest BCUT2D eigenvalue weighted by Crippen LogP contribution is -2.51. The van der Waals surface area contributed by atoms with Crippen LogP contribution in [0.4, 0.5) is 5.69 Å². The van der Waals surface area contributed by atoms with Crippen molar-refractivity contribution in [1.82, 2.24) is 26.0 Å². The SMILES string of the molecule is COC1=NN(c2ccc(C)c(C)c2)C(=O)C1=NNC1(c2nnn[nH]2)C=CC=C(c2ccccc2)C1O. The molecule has 1 aliphatic carbocycles. The Bertz CT molecular complexity index is 1410. The van der Waals surface area contributed by atoms with Gasteiger partial charge in [-0.3, -0.25) is 10.2 Å². The second-order valence-electron chi connectivity index (χ2n) is 8.44. The van der Waals surface area contributed by atoms with E-state index in [0.717, 1.165) is 16.7 Å². The van der Waals surface area contributed by atoms with Gasteiger partial charge in [-0.15, -0.1) is 10.2 Å². The minimum atomic E-state index is -1.40. The number of carbonyl (C=O) groups is 1. The number of hydrogen-bond acceptors (Lipinski definition) is 9. The average Bonchev–Trinajstić information content (AvgIpc) is 3.55. The lowest BCUT2D eigenvalue weighted by atomic mass is 9.80. The Balaban J connectivity index is 1.51. The number of amides is 1. The molecule has 0 saturated heterocycles. The van der Waals surface area contributed by atoms with Crippen LogP contribution in [0, 0.1) is 13.8 Å². The van der Waals surface area contributed by atoms with Crippen molar-refractivity contribution >= 4 is 28.8 Å². The minimum absolute atomic E-state index is 0.0321. The number of anilines is 1. The summed E-state index contributed by atoms with van der Waals surface area (Å²) in [7, 11) is 1.41. The van der Waals surface area contributed by atoms with Gasteiger partial charge in [-0.1, -0.05) is 48.6 Å². The third-order valence-electron chi connectivity index (χ3n) is 6.27. The Morgan fingerprint density at radius 2 is 1.97 bits per heavy atom. The van der Waals surface area contributed by atoms with Crippen molar-refractivity contribution in [3.8, 4) is 0 Å². The molecule has 3 N–H and O–H groups in total. The van der Waals surface area contributed by atoms with E-state index < -0.39 is 17.6 Å². The van der Waals surface area contributed by atoms with Crippen LogP contribution in [0.3, 0.4) is 0 Å². The molecule has 0 saturated carbocycles. The molecule has 36 heavy (non-hydrogen) atoms. The molecule has 0 spiro atoms. The number of ether oxygens (including phenoxy) is 1. The molecule has 2 aliphatic rings. The zero-order valence-electron chi connectivity index (χ0n) is 19.9. The highest BCUT2D eigenvalue weighted by Gasteiger charge is 2.45. The number of aliphatic hydroxyl groups is 1. The van der Waals surface area contributed by atoms with Crippen LogP contribution < -0.4 is 10.4 Å². The first-order valence-electron chi connectivity index (χ1n) is 11.2. The number of tetrazole rings is 1. The van der Waals surface area contributed by atoms with Gasteiger partial charge in [0.2, 0.25) is 5.71 Å². The van der Waals surface area contributed by atoms with E-state index in [2.05, 4.69) is 36.3 Å². The van der Waals surface area contributed by atoms with Gasteiger partial charge in [0.25, 0.3) is 5.90 Å². The van der Waals surface area contributed by atoms with Gasteiger partial charge in [-0.2, -0.15) is 10.1 Å². The first-order chi connectivity index (χ1) is 17.4. The van der Waals surface area contributed by atoms with Gasteiger partial charge in [0.1, 0.15) is 6.10 Å². The van der Waals surface area contributed by atoms with Crippen molar-refractivity contribution in [3.63, 3.8) is 0 Å². The molecular weight excluding hydrogens is 460 g/mol. The van der Waals surface area contributed by atoms with E-state index in [1.807, 2.05) is 56.3 Å². The van der Waals surface area contributed by atoms with Gasteiger partial charge < -0.3 is 9.84 Å². The summed E-state index contributed by atoms with van der Waals surface area (Å²) < 4.78 is 5.36. The molecule has 1 aromatic heterocycles. The van der Waals surface area contributed by atoms with Crippen molar-refractivity contribution in [1.29, 1.82) is 0 Å². The third kappa shape index (κ3) is 3.85. The van der Waals surface area contributed by atoms with Crippen LogP contribution in [0.1, 0.15) is 22.5 Å². The second-order valence-corrected chi connectivity index (χ2v) is 8.44. The lowest BCUT2D eigenvalue weighted by Gasteiger charge is -2.36. The monoisotopic (exact) mass is 484 g/mol. The summed E-state index contributed by atoms with van der Waals surface area (Å²) >= 11 is 0. The summed E-state index contributed by atoms with van der Waals surface area (Å²) in [5.74, 6) is -0.240. The largest absolute Gasteiger partial charge is 0.478 e. The first kappa shape index (κ1) is 23.1. The maximum absolute atomic E-state index is 13.3. The number of rotatable bonds is 5. The zero-order chi connectivity index (χ0) is 25.3. The van der Waals surface area contributed by atoms with Gasteiger partial charge >= 0.3 is 5.91 Å². The highest BCUT2D eigenvalue weighted by atomic mass is 16.5. The second kappa shape index (κ2) is 9.19. The van der Waals surface area contributed by atoms with Gasteiger partial charge in [-0.05, 0) is 64.7 Å². The molecule has 2 atom stereocenters. The number of aryl methyl sites for hydroxylation is 2. The molecule has 3 aromatic rings. The van der Waals surface area contributed by atoms with Crippen LogP contribution in [-0.2, 0) is 15.1 Å². The average molecular weight is 485 g/mol. The highest BCUT2D eigenvalue weighted by molar-refractivity contribution is 6.70. The van der Waals surface area contributed by atoms with Crippen molar-refractivity contribution in [2.75, 3.05) is 12.1 Å². The predicted octanol–water partition coefficient (Wildman–Crippen LogP) is 1.98. The maximum atomic E-state index is 13.3. The van der Waals surface area contributed by atoms with Crippen molar-refractivity contribution in [2.45, 2.75) is 25.5 Å². The summed E-state index contributed by atoms with van der Waals surface area (Å²) in [6.07, 6.45) is 4.11. The quantitative estimate of drug-likeness (QED) is 0.470. The number of nitrogens with one attached hydrogen (secondary N) is 2. The molecule has 2 aromatic carbocycles. The Kier molecular flexibility index (Phi) is 5.90. The highest BCUT2D eigenvalue weighted by Crippen LogP contribution is 2.36. The molecule has 0 bridgehead atoms. The summed E-state index contributed by atoms with van der Waals surface area (Å²) in [6.45, 7) is 3.95. The fourth-order valence-corrected chi connectivity index (χ4v) is 4.10. The third-order valence-corrected chi connectivity index (χ3v) is 6.27. The number of aromatic nitrogens is 4. The smallest absolute Gasteiger partial charge is 0.304 e. The van der Waals surface area contributed by atoms with Crippen LogP contribution in [0.5, 0.6) is 0 Å². The molecule has 1 amide bonds. The minimum Gasteiger partial charge on any atom is -0.478 e. The Morgan fingerprint density at radius 3 is 2.67 bits per heavy atom. The molecule has 2 unspecified atom stereocenters. The van der Waals surface area contributed by atoms with E-state index in [4.69, 9.17) is 4.74 Å². The molecule has 11 nitrogen and oxygen atoms in total. The van der Waals surface area contributed by atoms with E-state index in [-0.39, 0.29) is 17.4 Å². The normalized spacial score (nSPS) is 22.6.